The smallest absolute Gasteiger partial charge is 0.243 e. The molecule has 2 aromatic heterocycles. The van der Waals surface area contributed by atoms with E-state index >= 15 is 0 Å². The maximum absolute atomic E-state index is 13.2. The molecule has 0 spiro atoms. The molecule has 1 fully saturated rings. The second-order valence-corrected chi connectivity index (χ2v) is 7.81. The number of aryl methyl sites for hydroxylation is 1. The van der Waals surface area contributed by atoms with Crippen molar-refractivity contribution in [1.29, 1.82) is 0 Å². The molecule has 0 radical (unpaired) electrons. The average molecular weight is 379 g/mol. The Morgan fingerprint density at radius 1 is 1.29 bits per heavy atom. The lowest BCUT2D eigenvalue weighted by Gasteiger charge is -2.24. The highest BCUT2D eigenvalue weighted by molar-refractivity contribution is 5.83. The highest BCUT2D eigenvalue weighted by atomic mass is 16.5. The van der Waals surface area contributed by atoms with E-state index in [2.05, 4.69) is 19.0 Å². The number of carbonyl (C=O) groups is 1. The quantitative estimate of drug-likeness (QED) is 0.692. The van der Waals surface area contributed by atoms with Gasteiger partial charge in [0.1, 0.15) is 18.0 Å². The minimum atomic E-state index is -0.0466. The van der Waals surface area contributed by atoms with Gasteiger partial charge in [0.2, 0.25) is 5.91 Å². The molecule has 3 heterocycles. The van der Waals surface area contributed by atoms with Gasteiger partial charge in [0, 0.05) is 35.7 Å². The van der Waals surface area contributed by atoms with Crippen LogP contribution < -0.4 is 5.43 Å². The summed E-state index contributed by atoms with van der Waals surface area (Å²) in [6.45, 7) is 6.91. The fraction of sp³-hybridized carbons (Fsp3) is 0.409. The van der Waals surface area contributed by atoms with Crippen LogP contribution in [0.2, 0.25) is 0 Å². The van der Waals surface area contributed by atoms with Gasteiger partial charge in [0.25, 0.3) is 0 Å². The molecule has 1 aliphatic heterocycles. The van der Waals surface area contributed by atoms with E-state index in [0.717, 1.165) is 35.5 Å². The molecule has 1 aliphatic rings. The van der Waals surface area contributed by atoms with Crippen molar-refractivity contribution in [2.75, 3.05) is 6.54 Å². The summed E-state index contributed by atoms with van der Waals surface area (Å²) >= 11 is 0. The number of benzene rings is 1. The van der Waals surface area contributed by atoms with Crippen LogP contribution in [0.4, 0.5) is 0 Å². The Balaban J connectivity index is 1.63. The first-order valence-electron chi connectivity index (χ1n) is 9.81. The Morgan fingerprint density at radius 2 is 2.07 bits per heavy atom. The number of rotatable bonds is 4. The van der Waals surface area contributed by atoms with Crippen LogP contribution in [-0.2, 0) is 11.3 Å². The number of carbonyl (C=O) groups excluding carboxylic acids is 1. The third-order valence-electron chi connectivity index (χ3n) is 5.55. The van der Waals surface area contributed by atoms with Gasteiger partial charge in [0.05, 0.1) is 11.6 Å². The summed E-state index contributed by atoms with van der Waals surface area (Å²) in [6, 6.07) is 11.0. The van der Waals surface area contributed by atoms with Crippen LogP contribution in [0.25, 0.3) is 10.9 Å². The summed E-state index contributed by atoms with van der Waals surface area (Å²) in [4.78, 5) is 27.3. The maximum Gasteiger partial charge on any atom is 0.243 e. The number of fused-ring (bicyclic) bond motifs is 1. The second-order valence-electron chi connectivity index (χ2n) is 7.81. The minimum Gasteiger partial charge on any atom is -0.361 e. The molecule has 0 N–H and O–H groups in total. The highest BCUT2D eigenvalue weighted by Gasteiger charge is 2.32. The second kappa shape index (κ2) is 7.26. The van der Waals surface area contributed by atoms with E-state index in [1.165, 1.54) is 0 Å². The van der Waals surface area contributed by atoms with E-state index in [1.54, 1.807) is 12.1 Å². The summed E-state index contributed by atoms with van der Waals surface area (Å²) < 4.78 is 7.37. The van der Waals surface area contributed by atoms with Crippen molar-refractivity contribution in [3.63, 3.8) is 0 Å². The van der Waals surface area contributed by atoms with Crippen LogP contribution in [0.5, 0.6) is 0 Å². The van der Waals surface area contributed by atoms with Gasteiger partial charge in [0.15, 0.2) is 5.43 Å². The van der Waals surface area contributed by atoms with Crippen LogP contribution in [0.3, 0.4) is 0 Å². The summed E-state index contributed by atoms with van der Waals surface area (Å²) in [5.41, 5.74) is 2.40. The highest BCUT2D eigenvalue weighted by Crippen LogP contribution is 2.33. The molecule has 146 valence electrons. The minimum absolute atomic E-state index is 0.0142. The number of hydrogen-bond donors (Lipinski definition) is 0. The number of likely N-dealkylation sites (tertiary alicyclic amines) is 1. The number of aromatic nitrogens is 2. The Kier molecular flexibility index (Phi) is 4.79. The Morgan fingerprint density at radius 3 is 2.82 bits per heavy atom. The van der Waals surface area contributed by atoms with Gasteiger partial charge < -0.3 is 14.0 Å². The zero-order valence-electron chi connectivity index (χ0n) is 16.5. The van der Waals surface area contributed by atoms with Crippen LogP contribution >= 0.6 is 0 Å². The van der Waals surface area contributed by atoms with E-state index in [0.29, 0.717) is 11.9 Å². The Labute approximate surface area is 163 Å². The number of pyridine rings is 1. The molecule has 1 amide bonds. The van der Waals surface area contributed by atoms with Crippen molar-refractivity contribution >= 4 is 16.8 Å². The molecule has 6 nitrogen and oxygen atoms in total. The van der Waals surface area contributed by atoms with E-state index < -0.39 is 0 Å². The third kappa shape index (κ3) is 3.23. The first-order valence-corrected chi connectivity index (χ1v) is 9.81. The van der Waals surface area contributed by atoms with Gasteiger partial charge in [-0.05, 0) is 31.9 Å². The lowest BCUT2D eigenvalue weighted by atomic mass is 10.1. The summed E-state index contributed by atoms with van der Waals surface area (Å²) in [6.07, 6.45) is 1.84. The Hall–Kier alpha value is -2.89. The van der Waals surface area contributed by atoms with Crippen molar-refractivity contribution < 1.29 is 9.32 Å². The molecule has 4 rings (SSSR count). The standard InChI is InChI=1S/C22H25N3O3/c1-14(2)21-12-17(23-28-21)19-9-6-10-24(19)22(27)13-25-15(3)11-20(26)16-7-4-5-8-18(16)25/h4-5,7-8,11-12,14,19H,6,9-10,13H2,1-3H3/t19-/m0/s1. The molecule has 6 heteroatoms. The van der Waals surface area contributed by atoms with Gasteiger partial charge in [-0.15, -0.1) is 0 Å². The zero-order valence-corrected chi connectivity index (χ0v) is 16.5. The van der Waals surface area contributed by atoms with Gasteiger partial charge in [-0.25, -0.2) is 0 Å². The van der Waals surface area contributed by atoms with Crippen LogP contribution in [0.1, 0.15) is 55.8 Å². The number of amides is 1. The van der Waals surface area contributed by atoms with E-state index in [-0.39, 0.29) is 29.8 Å². The molecule has 1 atom stereocenters. The van der Waals surface area contributed by atoms with E-state index in [1.807, 2.05) is 40.7 Å². The fourth-order valence-electron chi connectivity index (χ4n) is 3.99. The lowest BCUT2D eigenvalue weighted by Crippen LogP contribution is -2.34. The first-order chi connectivity index (χ1) is 13.5. The molecular weight excluding hydrogens is 354 g/mol. The van der Waals surface area contributed by atoms with Gasteiger partial charge in [-0.2, -0.15) is 0 Å². The molecular formula is C22H25N3O3. The molecule has 1 saturated heterocycles. The molecule has 28 heavy (non-hydrogen) atoms. The van der Waals surface area contributed by atoms with Gasteiger partial charge >= 0.3 is 0 Å². The number of hydrogen-bond acceptors (Lipinski definition) is 4. The summed E-state index contributed by atoms with van der Waals surface area (Å²) in [7, 11) is 0. The van der Waals surface area contributed by atoms with E-state index in [9.17, 15) is 9.59 Å². The predicted molar refractivity (Wildman–Crippen MR) is 107 cm³/mol. The van der Waals surface area contributed by atoms with Crippen LogP contribution in [0, 0.1) is 6.92 Å². The predicted octanol–water partition coefficient (Wildman–Crippen LogP) is 3.79. The van der Waals surface area contributed by atoms with Crippen LogP contribution in [-0.4, -0.2) is 27.1 Å². The summed E-state index contributed by atoms with van der Waals surface area (Å²) in [5.74, 6) is 1.15. The van der Waals surface area contributed by atoms with E-state index in [4.69, 9.17) is 4.52 Å². The van der Waals surface area contributed by atoms with Crippen molar-refractivity contribution in [3.8, 4) is 0 Å². The van der Waals surface area contributed by atoms with Crippen molar-refractivity contribution in [3.05, 3.63) is 63.8 Å². The molecule has 0 unspecified atom stereocenters. The third-order valence-corrected chi connectivity index (χ3v) is 5.55. The Bertz CT molecular complexity index is 1080. The van der Waals surface area contributed by atoms with Gasteiger partial charge in [-0.1, -0.05) is 31.1 Å². The van der Waals surface area contributed by atoms with Gasteiger partial charge in [-0.3, -0.25) is 9.59 Å². The topological polar surface area (TPSA) is 68.3 Å². The average Bonchev–Trinajstić information content (AvgIpc) is 3.34. The lowest BCUT2D eigenvalue weighted by molar-refractivity contribution is -0.132. The number of nitrogens with zero attached hydrogens (tertiary/aromatic N) is 3. The van der Waals surface area contributed by atoms with Crippen molar-refractivity contribution in [2.45, 2.75) is 52.1 Å². The molecule has 1 aromatic carbocycles. The molecule has 0 bridgehead atoms. The van der Waals surface area contributed by atoms with Crippen molar-refractivity contribution in [1.82, 2.24) is 14.6 Å². The summed E-state index contributed by atoms with van der Waals surface area (Å²) in [5, 5.41) is 4.86. The largest absolute Gasteiger partial charge is 0.361 e. The SMILES string of the molecule is Cc1cc(=O)c2ccccc2n1CC(=O)N1CCC[C@H]1c1cc(C(C)C)on1. The van der Waals surface area contributed by atoms with Crippen LogP contribution in [0.15, 0.2) is 45.7 Å². The fourth-order valence-corrected chi connectivity index (χ4v) is 3.99. The zero-order chi connectivity index (χ0) is 19.8. The molecule has 0 saturated carbocycles. The normalized spacial score (nSPS) is 17.0. The molecule has 3 aromatic rings. The van der Waals surface area contributed by atoms with Crippen molar-refractivity contribution in [2.24, 2.45) is 0 Å². The monoisotopic (exact) mass is 379 g/mol. The number of para-hydroxylation sites is 1. The molecule has 0 aliphatic carbocycles. The maximum atomic E-state index is 13.2. The first kappa shape index (κ1) is 18.5.